The average molecular weight is 296 g/mol. The van der Waals surface area contributed by atoms with Gasteiger partial charge in [0.2, 0.25) is 0 Å². The first-order valence-corrected chi connectivity index (χ1v) is 6.78. The Balaban J connectivity index is 2.39. The van der Waals surface area contributed by atoms with Gasteiger partial charge < -0.3 is 5.11 Å². The maximum Gasteiger partial charge on any atom is 0.337 e. The van der Waals surface area contributed by atoms with Crippen molar-refractivity contribution < 1.29 is 14.8 Å². The molecule has 1 heterocycles. The fourth-order valence-electron chi connectivity index (χ4n) is 1.36. The number of nitrogens with zero attached hydrogens (tertiary/aromatic N) is 2. The van der Waals surface area contributed by atoms with E-state index < -0.39 is 10.9 Å². The van der Waals surface area contributed by atoms with E-state index in [0.717, 1.165) is 11.8 Å². The number of nitro benzene ring substituents is 1. The van der Waals surface area contributed by atoms with Gasteiger partial charge in [-0.2, -0.15) is 0 Å². The van der Waals surface area contributed by atoms with E-state index in [0.29, 0.717) is 9.24 Å². The number of carbonyl (C=O) groups is 1. The van der Waals surface area contributed by atoms with E-state index in [1.807, 2.05) is 12.3 Å². The number of nitro groups is 1. The van der Waals surface area contributed by atoms with Crippen LogP contribution in [0.25, 0.3) is 0 Å². The van der Waals surface area contributed by atoms with E-state index in [1.165, 1.54) is 35.2 Å². The van der Waals surface area contributed by atoms with Crippen molar-refractivity contribution in [1.82, 2.24) is 4.98 Å². The molecule has 8 heteroatoms. The zero-order chi connectivity index (χ0) is 14.0. The molecule has 1 N–H and O–H groups in total. The van der Waals surface area contributed by atoms with Crippen LogP contribution in [0.5, 0.6) is 0 Å². The highest BCUT2D eigenvalue weighted by molar-refractivity contribution is 8.01. The van der Waals surface area contributed by atoms with Crippen LogP contribution in [-0.2, 0) is 0 Å². The van der Waals surface area contributed by atoms with Crippen LogP contribution in [0.15, 0.2) is 32.8 Å². The first-order valence-electron chi connectivity index (χ1n) is 5.09. The van der Waals surface area contributed by atoms with Crippen molar-refractivity contribution in [3.63, 3.8) is 0 Å². The molecule has 0 aliphatic carbocycles. The number of rotatable bonds is 4. The quantitative estimate of drug-likeness (QED) is 0.687. The highest BCUT2D eigenvalue weighted by Gasteiger charge is 2.17. The molecule has 1 aromatic heterocycles. The Bertz CT molecular complexity index is 654. The number of aromatic carboxylic acids is 1. The molecule has 0 bridgehead atoms. The molecular formula is C11H8N2O4S2. The molecule has 0 saturated heterocycles. The zero-order valence-corrected chi connectivity index (χ0v) is 11.3. The lowest BCUT2D eigenvalue weighted by Gasteiger charge is -2.03. The van der Waals surface area contributed by atoms with Crippen molar-refractivity contribution in [2.75, 3.05) is 0 Å². The summed E-state index contributed by atoms with van der Waals surface area (Å²) in [6, 6.07) is 3.78. The van der Waals surface area contributed by atoms with Gasteiger partial charge in [-0.1, -0.05) is 11.8 Å². The Morgan fingerprint density at radius 3 is 2.79 bits per heavy atom. The van der Waals surface area contributed by atoms with Gasteiger partial charge in [-0.05, 0) is 13.0 Å². The number of thiazole rings is 1. The largest absolute Gasteiger partial charge is 0.478 e. The maximum atomic E-state index is 11.1. The molecule has 98 valence electrons. The molecule has 0 unspecified atom stereocenters. The van der Waals surface area contributed by atoms with Gasteiger partial charge in [0.1, 0.15) is 0 Å². The molecule has 0 aliphatic rings. The van der Waals surface area contributed by atoms with Gasteiger partial charge in [0.05, 0.1) is 10.5 Å². The second-order valence-electron chi connectivity index (χ2n) is 3.60. The normalized spacial score (nSPS) is 10.4. The summed E-state index contributed by atoms with van der Waals surface area (Å²) in [5, 5.41) is 21.6. The third-order valence-electron chi connectivity index (χ3n) is 2.20. The van der Waals surface area contributed by atoms with E-state index in [4.69, 9.17) is 5.11 Å². The Morgan fingerprint density at radius 1 is 1.53 bits per heavy atom. The number of non-ortho nitro benzene ring substituents is 1. The average Bonchev–Trinajstić information content (AvgIpc) is 2.74. The number of aromatic nitrogens is 1. The number of carboxylic acid groups (broad SMARTS) is 1. The second kappa shape index (κ2) is 5.37. The predicted molar refractivity (Wildman–Crippen MR) is 71.0 cm³/mol. The van der Waals surface area contributed by atoms with Crippen molar-refractivity contribution in [2.45, 2.75) is 16.2 Å². The Morgan fingerprint density at radius 2 is 2.26 bits per heavy atom. The molecule has 2 aromatic rings. The summed E-state index contributed by atoms with van der Waals surface area (Å²) in [7, 11) is 0. The minimum Gasteiger partial charge on any atom is -0.478 e. The summed E-state index contributed by atoms with van der Waals surface area (Å²) in [5.74, 6) is -1.19. The van der Waals surface area contributed by atoms with Crippen molar-refractivity contribution in [3.05, 3.63) is 45.0 Å². The maximum absolute atomic E-state index is 11.1. The van der Waals surface area contributed by atoms with Gasteiger partial charge in [-0.25, -0.2) is 9.78 Å². The molecule has 0 aliphatic heterocycles. The molecular weight excluding hydrogens is 288 g/mol. The summed E-state index contributed by atoms with van der Waals surface area (Å²) in [6.07, 6.45) is 0. The van der Waals surface area contributed by atoms with E-state index in [9.17, 15) is 14.9 Å². The molecule has 0 amide bonds. The third-order valence-corrected chi connectivity index (χ3v) is 4.33. The number of hydrogen-bond acceptors (Lipinski definition) is 6. The molecule has 1 aromatic carbocycles. The third kappa shape index (κ3) is 3.09. The highest BCUT2D eigenvalue weighted by Crippen LogP contribution is 2.34. The van der Waals surface area contributed by atoms with E-state index in [2.05, 4.69) is 4.98 Å². The van der Waals surface area contributed by atoms with Crippen LogP contribution < -0.4 is 0 Å². The van der Waals surface area contributed by atoms with Crippen molar-refractivity contribution in [3.8, 4) is 0 Å². The Kier molecular flexibility index (Phi) is 3.82. The van der Waals surface area contributed by atoms with Crippen LogP contribution in [0.2, 0.25) is 0 Å². The van der Waals surface area contributed by atoms with E-state index >= 15 is 0 Å². The van der Waals surface area contributed by atoms with E-state index in [-0.39, 0.29) is 11.3 Å². The Labute approximate surface area is 116 Å². The van der Waals surface area contributed by atoms with Gasteiger partial charge >= 0.3 is 5.97 Å². The zero-order valence-electron chi connectivity index (χ0n) is 9.69. The Hall–Kier alpha value is -1.93. The second-order valence-corrected chi connectivity index (χ2v) is 5.75. The summed E-state index contributed by atoms with van der Waals surface area (Å²) in [5.41, 5.74) is 0.524. The molecule has 2 rings (SSSR count). The van der Waals surface area contributed by atoms with Gasteiger partial charge in [0, 0.05) is 28.1 Å². The van der Waals surface area contributed by atoms with Gasteiger partial charge in [0.15, 0.2) is 4.34 Å². The fourth-order valence-corrected chi connectivity index (χ4v) is 3.26. The van der Waals surface area contributed by atoms with Crippen LogP contribution in [0.1, 0.15) is 16.1 Å². The number of hydrogen-bond donors (Lipinski definition) is 1. The molecule has 19 heavy (non-hydrogen) atoms. The van der Waals surface area contributed by atoms with Crippen LogP contribution in [-0.4, -0.2) is 21.0 Å². The summed E-state index contributed by atoms with van der Waals surface area (Å²) in [6.45, 7) is 1.84. The predicted octanol–water partition coefficient (Wildman–Crippen LogP) is 3.21. The molecule has 0 atom stereocenters. The summed E-state index contributed by atoms with van der Waals surface area (Å²) in [4.78, 5) is 25.8. The first kappa shape index (κ1) is 13.5. The standard InChI is InChI=1S/C11H8N2O4S2/c1-6-5-18-11(12-6)19-9-3-2-7(13(16)17)4-8(9)10(14)15/h2-5H,1H3,(H,14,15). The number of carboxylic acids is 1. The molecule has 0 radical (unpaired) electrons. The van der Waals surface area contributed by atoms with Crippen molar-refractivity contribution in [1.29, 1.82) is 0 Å². The lowest BCUT2D eigenvalue weighted by Crippen LogP contribution is -2.00. The van der Waals surface area contributed by atoms with E-state index in [1.54, 1.807) is 0 Å². The minimum absolute atomic E-state index is 0.0907. The van der Waals surface area contributed by atoms with Crippen LogP contribution in [0, 0.1) is 17.0 Å². The molecule has 0 spiro atoms. The summed E-state index contributed by atoms with van der Waals surface area (Å²) >= 11 is 2.59. The van der Waals surface area contributed by atoms with Crippen LogP contribution >= 0.6 is 23.1 Å². The molecule has 0 fully saturated rings. The smallest absolute Gasteiger partial charge is 0.337 e. The topological polar surface area (TPSA) is 93.3 Å². The number of benzene rings is 1. The minimum atomic E-state index is -1.19. The number of aryl methyl sites for hydroxylation is 1. The SMILES string of the molecule is Cc1csc(Sc2ccc([N+](=O)[O-])cc2C(=O)O)n1. The van der Waals surface area contributed by atoms with Crippen LogP contribution in [0.4, 0.5) is 5.69 Å². The molecule has 6 nitrogen and oxygen atoms in total. The van der Waals surface area contributed by atoms with Gasteiger partial charge in [-0.15, -0.1) is 11.3 Å². The highest BCUT2D eigenvalue weighted by atomic mass is 32.2. The monoisotopic (exact) mass is 296 g/mol. The lowest BCUT2D eigenvalue weighted by molar-refractivity contribution is -0.384. The van der Waals surface area contributed by atoms with Crippen LogP contribution in [0.3, 0.4) is 0 Å². The van der Waals surface area contributed by atoms with Gasteiger partial charge in [0.25, 0.3) is 5.69 Å². The van der Waals surface area contributed by atoms with Gasteiger partial charge in [-0.3, -0.25) is 10.1 Å². The summed E-state index contributed by atoms with van der Waals surface area (Å²) < 4.78 is 0.703. The fraction of sp³-hybridized carbons (Fsp3) is 0.0909. The lowest BCUT2D eigenvalue weighted by atomic mass is 10.2. The van der Waals surface area contributed by atoms with Crippen molar-refractivity contribution >= 4 is 34.8 Å². The first-order chi connectivity index (χ1) is 8.97. The molecule has 0 saturated carbocycles. The van der Waals surface area contributed by atoms with Crippen molar-refractivity contribution in [2.24, 2.45) is 0 Å².